The maximum Gasteiger partial charge on any atom is 0.254 e. The topological polar surface area (TPSA) is 67.1 Å². The van der Waals surface area contributed by atoms with E-state index in [1.165, 1.54) is 11.8 Å². The number of hydrogen-bond donors (Lipinski definition) is 1. The number of nitrogens with zero attached hydrogens (tertiary/aromatic N) is 2. The van der Waals surface area contributed by atoms with Crippen molar-refractivity contribution >= 4 is 28.1 Å². The zero-order chi connectivity index (χ0) is 17.6. The molecule has 0 aliphatic carbocycles. The number of amides is 1. The summed E-state index contributed by atoms with van der Waals surface area (Å²) in [7, 11) is 0. The van der Waals surface area contributed by atoms with Crippen molar-refractivity contribution in [1.29, 1.82) is 0 Å². The molecule has 1 saturated heterocycles. The summed E-state index contributed by atoms with van der Waals surface area (Å²) in [6.07, 6.45) is 1.50. The van der Waals surface area contributed by atoms with Gasteiger partial charge in [-0.25, -0.2) is 5.43 Å². The summed E-state index contributed by atoms with van der Waals surface area (Å²) in [5, 5.41) is 3.96. The Morgan fingerprint density at radius 1 is 1.32 bits per heavy atom. The highest BCUT2D eigenvalue weighted by Gasteiger charge is 2.13. The predicted molar refractivity (Wildman–Crippen MR) is 99.6 cm³/mol. The highest BCUT2D eigenvalue weighted by Crippen LogP contribution is 2.30. The van der Waals surface area contributed by atoms with E-state index in [1.54, 1.807) is 0 Å². The first kappa shape index (κ1) is 17.8. The quantitative estimate of drug-likeness (QED) is 0.613. The van der Waals surface area contributed by atoms with Crippen molar-refractivity contribution in [1.82, 2.24) is 10.3 Å². The maximum absolute atomic E-state index is 11.9. The van der Waals surface area contributed by atoms with Gasteiger partial charge in [0.2, 0.25) is 0 Å². The van der Waals surface area contributed by atoms with Crippen molar-refractivity contribution in [3.63, 3.8) is 0 Å². The van der Waals surface area contributed by atoms with E-state index in [4.69, 9.17) is 9.15 Å². The Morgan fingerprint density at radius 2 is 2.12 bits per heavy atom. The number of hydrazone groups is 1. The van der Waals surface area contributed by atoms with E-state index in [9.17, 15) is 4.79 Å². The van der Waals surface area contributed by atoms with Crippen LogP contribution in [0.5, 0.6) is 0 Å². The van der Waals surface area contributed by atoms with Gasteiger partial charge in [0, 0.05) is 23.1 Å². The molecule has 0 radical (unpaired) electrons. The maximum atomic E-state index is 11.9. The van der Waals surface area contributed by atoms with E-state index in [0.29, 0.717) is 25.5 Å². The summed E-state index contributed by atoms with van der Waals surface area (Å²) in [4.78, 5) is 13.9. The molecule has 6 nitrogen and oxygen atoms in total. The van der Waals surface area contributed by atoms with Gasteiger partial charge in [-0.1, -0.05) is 22.0 Å². The molecule has 1 amide bonds. The molecule has 2 heterocycles. The number of carbonyl (C=O) groups is 1. The van der Waals surface area contributed by atoms with Gasteiger partial charge < -0.3 is 9.15 Å². The molecule has 132 valence electrons. The van der Waals surface area contributed by atoms with Crippen molar-refractivity contribution in [3.05, 3.63) is 46.1 Å². The number of aryl methyl sites for hydroxylation is 1. The standard InChI is InChI=1S/C18H20BrN3O3/c1-13-2-4-15(16(19)10-13)17-5-3-14(25-17)11-20-21-18(23)12-22-6-8-24-9-7-22/h2-5,10-11H,6-9,12H2,1H3,(H,21,23)/b20-11-. The first-order valence-corrected chi connectivity index (χ1v) is 8.89. The lowest BCUT2D eigenvalue weighted by molar-refractivity contribution is -0.123. The molecule has 7 heteroatoms. The van der Waals surface area contributed by atoms with Crippen molar-refractivity contribution in [3.8, 4) is 11.3 Å². The van der Waals surface area contributed by atoms with Crippen LogP contribution < -0.4 is 5.43 Å². The molecule has 1 N–H and O–H groups in total. The number of benzene rings is 1. The fraction of sp³-hybridized carbons (Fsp3) is 0.333. The Bertz CT molecular complexity index is 767. The van der Waals surface area contributed by atoms with E-state index < -0.39 is 0 Å². The number of morpholine rings is 1. The molecule has 3 rings (SSSR count). The van der Waals surface area contributed by atoms with Crippen molar-refractivity contribution < 1.29 is 13.9 Å². The first-order chi connectivity index (χ1) is 12.1. The number of ether oxygens (including phenoxy) is 1. The largest absolute Gasteiger partial charge is 0.455 e. The Labute approximate surface area is 155 Å². The predicted octanol–water partition coefficient (Wildman–Crippen LogP) is 2.80. The third-order valence-electron chi connectivity index (χ3n) is 3.87. The lowest BCUT2D eigenvalue weighted by atomic mass is 10.1. The van der Waals surface area contributed by atoms with Gasteiger partial charge in [0.1, 0.15) is 11.5 Å². The second-order valence-corrected chi connectivity index (χ2v) is 6.72. The molecule has 0 atom stereocenters. The zero-order valence-electron chi connectivity index (χ0n) is 14.0. The summed E-state index contributed by atoms with van der Waals surface area (Å²) in [6.45, 7) is 5.23. The van der Waals surface area contributed by atoms with Crippen molar-refractivity contribution in [2.24, 2.45) is 5.10 Å². The summed E-state index contributed by atoms with van der Waals surface area (Å²) in [5.74, 6) is 1.17. The third-order valence-corrected chi connectivity index (χ3v) is 4.52. The second kappa shape index (κ2) is 8.42. The van der Waals surface area contributed by atoms with Crippen LogP contribution in [0.3, 0.4) is 0 Å². The molecule has 1 aromatic heterocycles. The van der Waals surface area contributed by atoms with Gasteiger partial charge in [-0.15, -0.1) is 0 Å². The molecule has 0 unspecified atom stereocenters. The Kier molecular flexibility index (Phi) is 6.01. The molecular weight excluding hydrogens is 386 g/mol. The molecule has 0 saturated carbocycles. The highest BCUT2D eigenvalue weighted by molar-refractivity contribution is 9.10. The highest BCUT2D eigenvalue weighted by atomic mass is 79.9. The van der Waals surface area contributed by atoms with Gasteiger partial charge in [-0.2, -0.15) is 5.10 Å². The summed E-state index contributed by atoms with van der Waals surface area (Å²) in [6, 6.07) is 9.77. The Hall–Kier alpha value is -1.96. The molecule has 1 aliphatic rings. The van der Waals surface area contributed by atoms with Crippen molar-refractivity contribution in [2.75, 3.05) is 32.8 Å². The normalized spacial score (nSPS) is 15.6. The van der Waals surface area contributed by atoms with Gasteiger partial charge in [-0.05, 0) is 36.8 Å². The lowest BCUT2D eigenvalue weighted by Crippen LogP contribution is -2.42. The van der Waals surface area contributed by atoms with Gasteiger partial charge in [0.05, 0.1) is 26.0 Å². The van der Waals surface area contributed by atoms with Crippen LogP contribution in [0, 0.1) is 6.92 Å². The monoisotopic (exact) mass is 405 g/mol. The molecule has 1 fully saturated rings. The van der Waals surface area contributed by atoms with E-state index in [2.05, 4.69) is 26.5 Å². The smallest absolute Gasteiger partial charge is 0.254 e. The van der Waals surface area contributed by atoms with Gasteiger partial charge in [-0.3, -0.25) is 9.69 Å². The summed E-state index contributed by atoms with van der Waals surface area (Å²) in [5.41, 5.74) is 4.67. The van der Waals surface area contributed by atoms with E-state index in [-0.39, 0.29) is 5.91 Å². The zero-order valence-corrected chi connectivity index (χ0v) is 15.6. The Balaban J connectivity index is 1.55. The van der Waals surface area contributed by atoms with E-state index in [1.807, 2.05) is 42.2 Å². The molecule has 1 aliphatic heterocycles. The lowest BCUT2D eigenvalue weighted by Gasteiger charge is -2.25. The SMILES string of the molecule is Cc1ccc(-c2ccc(/C=N\NC(=O)CN3CCOCC3)o2)c(Br)c1. The van der Waals surface area contributed by atoms with Crippen LogP contribution in [-0.4, -0.2) is 49.9 Å². The molecule has 1 aromatic carbocycles. The average Bonchev–Trinajstić information content (AvgIpc) is 3.04. The molecule has 2 aromatic rings. The minimum Gasteiger partial charge on any atom is -0.455 e. The fourth-order valence-corrected chi connectivity index (χ4v) is 3.24. The number of halogens is 1. The van der Waals surface area contributed by atoms with Gasteiger partial charge in [0.25, 0.3) is 5.91 Å². The number of nitrogens with one attached hydrogen (secondary N) is 1. The number of furan rings is 1. The van der Waals surface area contributed by atoms with Crippen molar-refractivity contribution in [2.45, 2.75) is 6.92 Å². The first-order valence-electron chi connectivity index (χ1n) is 8.10. The second-order valence-electron chi connectivity index (χ2n) is 5.87. The number of carbonyl (C=O) groups excluding carboxylic acids is 1. The van der Waals surface area contributed by atoms with Gasteiger partial charge >= 0.3 is 0 Å². The molecular formula is C18H20BrN3O3. The van der Waals surface area contributed by atoms with Crippen LogP contribution in [0.2, 0.25) is 0 Å². The van der Waals surface area contributed by atoms with Crippen LogP contribution >= 0.6 is 15.9 Å². The summed E-state index contributed by atoms with van der Waals surface area (Å²) < 4.78 is 12.0. The molecule has 0 bridgehead atoms. The van der Waals surface area contributed by atoms with Crippen LogP contribution in [0.1, 0.15) is 11.3 Å². The van der Waals surface area contributed by atoms with Crippen LogP contribution in [0.15, 0.2) is 44.3 Å². The number of hydrogen-bond acceptors (Lipinski definition) is 5. The summed E-state index contributed by atoms with van der Waals surface area (Å²) >= 11 is 3.55. The third kappa shape index (κ3) is 5.01. The minimum absolute atomic E-state index is 0.147. The van der Waals surface area contributed by atoms with Crippen LogP contribution in [0.4, 0.5) is 0 Å². The average molecular weight is 406 g/mol. The molecule has 25 heavy (non-hydrogen) atoms. The fourth-order valence-electron chi connectivity index (χ4n) is 2.55. The van der Waals surface area contributed by atoms with Crippen LogP contribution in [0.25, 0.3) is 11.3 Å². The number of rotatable bonds is 5. The van der Waals surface area contributed by atoms with E-state index >= 15 is 0 Å². The van der Waals surface area contributed by atoms with E-state index in [0.717, 1.165) is 28.9 Å². The van der Waals surface area contributed by atoms with Gasteiger partial charge in [0.15, 0.2) is 0 Å². The molecule has 0 spiro atoms. The minimum atomic E-state index is -0.147. The Morgan fingerprint density at radius 3 is 2.88 bits per heavy atom. The van der Waals surface area contributed by atoms with Crippen LogP contribution in [-0.2, 0) is 9.53 Å².